The maximum Gasteiger partial charge on any atom is 0.228 e. The molecule has 2 aliphatic rings. The van der Waals surface area contributed by atoms with Crippen molar-refractivity contribution < 1.29 is 9.47 Å². The molecule has 4 aromatic rings. The van der Waals surface area contributed by atoms with Crippen LogP contribution >= 0.6 is 0 Å². The highest BCUT2D eigenvalue weighted by Crippen LogP contribution is 2.41. The van der Waals surface area contributed by atoms with Crippen molar-refractivity contribution in [1.82, 2.24) is 9.55 Å². The standard InChI is InChI=1S/C24H17N3O2/c1-28-21-13-7-3-9-16(21)22-26-24-17(14-15-8-2-6-12-20(15)29-24)23-25-18-10-4-5-11-19(18)27(22)23/h2-14,22H,1H3/t22-/m0/s1. The van der Waals surface area contributed by atoms with E-state index in [0.29, 0.717) is 5.90 Å². The lowest BCUT2D eigenvalue weighted by molar-refractivity contribution is 0.401. The van der Waals surface area contributed by atoms with Crippen molar-refractivity contribution >= 4 is 28.6 Å². The van der Waals surface area contributed by atoms with Crippen LogP contribution in [0.3, 0.4) is 0 Å². The van der Waals surface area contributed by atoms with Gasteiger partial charge in [-0.1, -0.05) is 48.5 Å². The lowest BCUT2D eigenvalue weighted by atomic mass is 10.0. The number of methoxy groups -OCH3 is 1. The molecule has 5 heteroatoms. The SMILES string of the molecule is COc1ccccc1[C@H]1N=C2Oc3ccccc3C=C2c2nc3ccccc3n21. The number of aliphatic imine (C=N–C) groups is 1. The molecule has 29 heavy (non-hydrogen) atoms. The first-order chi connectivity index (χ1) is 14.3. The van der Waals surface area contributed by atoms with Crippen LogP contribution in [0.15, 0.2) is 77.8 Å². The molecule has 5 nitrogen and oxygen atoms in total. The second-order valence-corrected chi connectivity index (χ2v) is 7.04. The number of fused-ring (bicyclic) bond motifs is 6. The van der Waals surface area contributed by atoms with Crippen LogP contribution in [0.25, 0.3) is 22.7 Å². The van der Waals surface area contributed by atoms with Gasteiger partial charge in [0.15, 0.2) is 6.17 Å². The molecule has 0 aliphatic carbocycles. The molecule has 2 aliphatic heterocycles. The van der Waals surface area contributed by atoms with Crippen molar-refractivity contribution in [2.24, 2.45) is 4.99 Å². The third-order valence-electron chi connectivity index (χ3n) is 5.39. The predicted molar refractivity (Wildman–Crippen MR) is 113 cm³/mol. The summed E-state index contributed by atoms with van der Waals surface area (Å²) in [6.45, 7) is 0. The van der Waals surface area contributed by atoms with Crippen LogP contribution in [0.4, 0.5) is 0 Å². The Labute approximate surface area is 167 Å². The first-order valence-electron chi connectivity index (χ1n) is 9.50. The van der Waals surface area contributed by atoms with E-state index in [-0.39, 0.29) is 6.17 Å². The van der Waals surface area contributed by atoms with Gasteiger partial charge in [-0.05, 0) is 30.3 Å². The molecule has 0 amide bonds. The number of hydrogen-bond acceptors (Lipinski definition) is 4. The minimum Gasteiger partial charge on any atom is -0.496 e. The quantitative estimate of drug-likeness (QED) is 0.496. The smallest absolute Gasteiger partial charge is 0.228 e. The highest BCUT2D eigenvalue weighted by Gasteiger charge is 2.34. The van der Waals surface area contributed by atoms with Gasteiger partial charge in [0, 0.05) is 11.1 Å². The van der Waals surface area contributed by atoms with Crippen LogP contribution in [0.5, 0.6) is 11.5 Å². The molecule has 0 radical (unpaired) electrons. The summed E-state index contributed by atoms with van der Waals surface area (Å²) in [6, 6.07) is 24.1. The fraction of sp³-hybridized carbons (Fsp3) is 0.0833. The minimum atomic E-state index is -0.328. The Morgan fingerprint density at radius 2 is 1.72 bits per heavy atom. The summed E-state index contributed by atoms with van der Waals surface area (Å²) in [4.78, 5) is 9.95. The summed E-state index contributed by atoms with van der Waals surface area (Å²) < 4.78 is 14.0. The molecule has 3 heterocycles. The van der Waals surface area contributed by atoms with Crippen molar-refractivity contribution in [1.29, 1.82) is 0 Å². The number of hydrogen-bond donors (Lipinski definition) is 0. The van der Waals surface area contributed by atoms with Gasteiger partial charge in [-0.2, -0.15) is 0 Å². The largest absolute Gasteiger partial charge is 0.496 e. The van der Waals surface area contributed by atoms with Gasteiger partial charge in [0.05, 0.1) is 23.7 Å². The number of imidazole rings is 1. The Morgan fingerprint density at radius 1 is 0.931 bits per heavy atom. The lowest BCUT2D eigenvalue weighted by Crippen LogP contribution is -2.26. The maximum absolute atomic E-state index is 6.20. The fourth-order valence-corrected chi connectivity index (χ4v) is 4.06. The number of aromatic nitrogens is 2. The van der Waals surface area contributed by atoms with Gasteiger partial charge in [-0.25, -0.2) is 9.98 Å². The van der Waals surface area contributed by atoms with Gasteiger partial charge in [0.1, 0.15) is 17.3 Å². The van der Waals surface area contributed by atoms with Crippen LogP contribution in [0.1, 0.15) is 23.1 Å². The molecular formula is C24H17N3O2. The predicted octanol–water partition coefficient (Wildman–Crippen LogP) is 4.94. The van der Waals surface area contributed by atoms with Crippen molar-refractivity contribution in [3.8, 4) is 11.5 Å². The van der Waals surface area contributed by atoms with E-state index in [2.05, 4.69) is 16.7 Å². The molecule has 0 saturated heterocycles. The van der Waals surface area contributed by atoms with E-state index >= 15 is 0 Å². The van der Waals surface area contributed by atoms with Crippen LogP contribution in [-0.4, -0.2) is 22.6 Å². The summed E-state index contributed by atoms with van der Waals surface area (Å²) >= 11 is 0. The monoisotopic (exact) mass is 379 g/mol. The molecule has 0 spiro atoms. The fourth-order valence-electron chi connectivity index (χ4n) is 4.06. The van der Waals surface area contributed by atoms with Crippen LogP contribution < -0.4 is 9.47 Å². The van der Waals surface area contributed by atoms with E-state index in [0.717, 1.165) is 45.1 Å². The Balaban J connectivity index is 1.66. The van der Waals surface area contributed by atoms with Crippen molar-refractivity contribution in [3.05, 3.63) is 89.7 Å². The van der Waals surface area contributed by atoms with Gasteiger partial charge in [-0.15, -0.1) is 0 Å². The highest BCUT2D eigenvalue weighted by molar-refractivity contribution is 6.26. The molecule has 140 valence electrons. The molecule has 1 atom stereocenters. The Morgan fingerprint density at radius 3 is 2.66 bits per heavy atom. The zero-order valence-electron chi connectivity index (χ0n) is 15.7. The summed E-state index contributed by atoms with van der Waals surface area (Å²) in [5.41, 5.74) is 4.84. The molecule has 0 unspecified atom stereocenters. The van der Waals surface area contributed by atoms with Crippen LogP contribution in [0, 0.1) is 0 Å². The zero-order valence-corrected chi connectivity index (χ0v) is 15.7. The molecule has 6 rings (SSSR count). The Hall–Kier alpha value is -3.86. The van der Waals surface area contributed by atoms with E-state index in [1.165, 1.54) is 0 Å². The number of para-hydroxylation sites is 4. The molecule has 0 fully saturated rings. The van der Waals surface area contributed by atoms with E-state index in [1.807, 2.05) is 66.7 Å². The van der Waals surface area contributed by atoms with Gasteiger partial charge in [-0.3, -0.25) is 4.57 Å². The summed E-state index contributed by atoms with van der Waals surface area (Å²) in [6.07, 6.45) is 1.78. The van der Waals surface area contributed by atoms with Crippen LogP contribution in [0.2, 0.25) is 0 Å². The van der Waals surface area contributed by atoms with Gasteiger partial charge >= 0.3 is 0 Å². The topological polar surface area (TPSA) is 48.6 Å². The van der Waals surface area contributed by atoms with Crippen LogP contribution in [-0.2, 0) is 0 Å². The number of rotatable bonds is 2. The van der Waals surface area contributed by atoms with E-state index < -0.39 is 0 Å². The molecular weight excluding hydrogens is 362 g/mol. The van der Waals surface area contributed by atoms with E-state index in [4.69, 9.17) is 19.5 Å². The van der Waals surface area contributed by atoms with Gasteiger partial charge in [0.25, 0.3) is 0 Å². The lowest BCUT2D eigenvalue weighted by Gasteiger charge is -2.29. The number of benzene rings is 3. The summed E-state index contributed by atoms with van der Waals surface area (Å²) in [5.74, 6) is 3.02. The first-order valence-corrected chi connectivity index (χ1v) is 9.50. The minimum absolute atomic E-state index is 0.328. The third kappa shape index (κ3) is 2.34. The molecule has 1 aromatic heterocycles. The van der Waals surface area contributed by atoms with Gasteiger partial charge in [0.2, 0.25) is 5.90 Å². The maximum atomic E-state index is 6.20. The number of ether oxygens (including phenoxy) is 2. The highest BCUT2D eigenvalue weighted by atomic mass is 16.5. The van der Waals surface area contributed by atoms with E-state index in [9.17, 15) is 0 Å². The average Bonchev–Trinajstić information content (AvgIpc) is 3.17. The Bertz CT molecular complexity index is 1330. The summed E-state index contributed by atoms with van der Waals surface area (Å²) in [5, 5.41) is 0. The van der Waals surface area contributed by atoms with Gasteiger partial charge < -0.3 is 9.47 Å². The molecule has 0 N–H and O–H groups in total. The zero-order chi connectivity index (χ0) is 19.4. The molecule has 3 aromatic carbocycles. The Kier molecular flexibility index (Phi) is 3.38. The first kappa shape index (κ1) is 16.1. The van der Waals surface area contributed by atoms with Crippen molar-refractivity contribution in [2.75, 3.05) is 7.11 Å². The average molecular weight is 379 g/mol. The normalized spacial score (nSPS) is 16.8. The second kappa shape index (κ2) is 6.07. The molecule has 0 saturated carbocycles. The second-order valence-electron chi connectivity index (χ2n) is 7.04. The summed E-state index contributed by atoms with van der Waals surface area (Å²) in [7, 11) is 1.68. The van der Waals surface area contributed by atoms with Crippen molar-refractivity contribution in [3.63, 3.8) is 0 Å². The third-order valence-corrected chi connectivity index (χ3v) is 5.39. The molecule has 0 bridgehead atoms. The van der Waals surface area contributed by atoms with Crippen molar-refractivity contribution in [2.45, 2.75) is 6.17 Å². The number of nitrogens with zero attached hydrogens (tertiary/aromatic N) is 3. The van der Waals surface area contributed by atoms with E-state index in [1.54, 1.807) is 7.11 Å².